The van der Waals surface area contributed by atoms with E-state index in [2.05, 4.69) is 15.6 Å². The average molecular weight is 471 g/mol. The lowest BCUT2D eigenvalue weighted by Crippen LogP contribution is -2.35. The molecule has 0 fully saturated rings. The minimum absolute atomic E-state index is 0.0127. The van der Waals surface area contributed by atoms with E-state index in [1.54, 1.807) is 25.1 Å². The monoisotopic (exact) mass is 470 g/mol. The second-order valence-corrected chi connectivity index (χ2v) is 9.46. The number of aryl methyl sites for hydroxylation is 2. The molecule has 1 heterocycles. The minimum atomic E-state index is -3.92. The maximum Gasteiger partial charge on any atom is 0.274 e. The van der Waals surface area contributed by atoms with Gasteiger partial charge in [-0.3, -0.25) is 14.6 Å². The lowest BCUT2D eigenvalue weighted by atomic mass is 10.1. The molecule has 2 aromatic carbocycles. The maximum absolute atomic E-state index is 13.8. The molecule has 0 saturated heterocycles. The first-order valence-corrected chi connectivity index (χ1v) is 11.4. The van der Waals surface area contributed by atoms with Crippen LogP contribution in [0.2, 0.25) is 0 Å². The molecular formula is C23H23FN4O4S. The smallest absolute Gasteiger partial charge is 0.274 e. The first-order valence-electron chi connectivity index (χ1n) is 9.93. The first-order chi connectivity index (χ1) is 15.6. The Labute approximate surface area is 191 Å². The van der Waals surface area contributed by atoms with Crippen molar-refractivity contribution in [1.82, 2.24) is 9.29 Å². The van der Waals surface area contributed by atoms with Gasteiger partial charge in [0, 0.05) is 13.2 Å². The van der Waals surface area contributed by atoms with Gasteiger partial charge in [0.2, 0.25) is 15.9 Å². The number of nitrogens with zero attached hydrogens (tertiary/aromatic N) is 2. The normalized spacial score (nSPS) is 11.3. The number of aromatic nitrogens is 1. The third kappa shape index (κ3) is 5.79. The van der Waals surface area contributed by atoms with Gasteiger partial charge in [-0.2, -0.15) is 4.31 Å². The van der Waals surface area contributed by atoms with Crippen LogP contribution in [-0.2, 0) is 14.8 Å². The van der Waals surface area contributed by atoms with E-state index in [4.69, 9.17) is 0 Å². The number of likely N-dealkylation sites (N-methyl/N-ethyl adjacent to an activating group) is 1. The van der Waals surface area contributed by atoms with E-state index in [1.165, 1.54) is 37.5 Å². The van der Waals surface area contributed by atoms with Crippen molar-refractivity contribution in [3.63, 3.8) is 0 Å². The number of anilines is 2. The molecule has 1 aromatic heterocycles. The summed E-state index contributed by atoms with van der Waals surface area (Å²) in [5.41, 5.74) is 2.02. The summed E-state index contributed by atoms with van der Waals surface area (Å²) in [4.78, 5) is 29.0. The number of halogens is 1. The number of pyridine rings is 1. The van der Waals surface area contributed by atoms with Gasteiger partial charge in [-0.1, -0.05) is 12.1 Å². The third-order valence-corrected chi connectivity index (χ3v) is 6.75. The fraction of sp³-hybridized carbons (Fsp3) is 0.174. The van der Waals surface area contributed by atoms with Gasteiger partial charge in [-0.15, -0.1) is 0 Å². The molecule has 0 saturated carbocycles. The van der Waals surface area contributed by atoms with Gasteiger partial charge in [0.05, 0.1) is 22.8 Å². The minimum Gasteiger partial charge on any atom is -0.323 e. The Balaban J connectivity index is 1.75. The zero-order chi connectivity index (χ0) is 24.2. The molecular weight excluding hydrogens is 447 g/mol. The summed E-state index contributed by atoms with van der Waals surface area (Å²) in [6.07, 6.45) is 1.45. The van der Waals surface area contributed by atoms with E-state index < -0.39 is 34.2 Å². The van der Waals surface area contributed by atoms with Crippen molar-refractivity contribution in [2.24, 2.45) is 0 Å². The first kappa shape index (κ1) is 24.0. The summed E-state index contributed by atoms with van der Waals surface area (Å²) < 4.78 is 40.4. The van der Waals surface area contributed by atoms with Gasteiger partial charge in [0.15, 0.2) is 0 Å². The van der Waals surface area contributed by atoms with Crippen molar-refractivity contribution in [2.45, 2.75) is 18.7 Å². The lowest BCUT2D eigenvalue weighted by Gasteiger charge is -2.18. The third-order valence-electron chi connectivity index (χ3n) is 4.95. The predicted octanol–water partition coefficient (Wildman–Crippen LogP) is 3.35. The standard InChI is InChI=1S/C23H23FN4O4S/c1-15-7-9-18(12-16(15)2)33(31,32)28(3)14-22(29)26-21-13-17(24)8-10-19(21)27-23(30)20-6-4-5-11-25-20/h4-13H,14H2,1-3H3,(H,26,29)(H,27,30). The Bertz CT molecular complexity index is 1300. The van der Waals surface area contributed by atoms with Gasteiger partial charge in [-0.05, 0) is 67.4 Å². The van der Waals surface area contributed by atoms with Gasteiger partial charge in [0.1, 0.15) is 11.5 Å². The molecule has 33 heavy (non-hydrogen) atoms. The molecule has 0 radical (unpaired) electrons. The van der Waals surface area contributed by atoms with Crippen LogP contribution in [0.5, 0.6) is 0 Å². The van der Waals surface area contributed by atoms with Crippen LogP contribution < -0.4 is 10.6 Å². The Morgan fingerprint density at radius 1 is 0.970 bits per heavy atom. The van der Waals surface area contributed by atoms with Gasteiger partial charge >= 0.3 is 0 Å². The number of hydrogen-bond acceptors (Lipinski definition) is 5. The van der Waals surface area contributed by atoms with Crippen LogP contribution in [0.15, 0.2) is 65.7 Å². The number of carbonyl (C=O) groups excluding carboxylic acids is 2. The van der Waals surface area contributed by atoms with Crippen LogP contribution in [0.1, 0.15) is 21.6 Å². The Hall–Kier alpha value is -3.63. The molecule has 2 N–H and O–H groups in total. The molecule has 10 heteroatoms. The Morgan fingerprint density at radius 3 is 2.39 bits per heavy atom. The molecule has 0 atom stereocenters. The van der Waals surface area contributed by atoms with Crippen molar-refractivity contribution in [3.8, 4) is 0 Å². The summed E-state index contributed by atoms with van der Waals surface area (Å²) >= 11 is 0. The van der Waals surface area contributed by atoms with Crippen LogP contribution >= 0.6 is 0 Å². The summed E-state index contributed by atoms with van der Waals surface area (Å²) in [6.45, 7) is 3.15. The van der Waals surface area contributed by atoms with Crippen LogP contribution in [0.4, 0.5) is 15.8 Å². The average Bonchev–Trinajstić information content (AvgIpc) is 2.77. The van der Waals surface area contributed by atoms with Gasteiger partial charge in [0.25, 0.3) is 5.91 Å². The fourth-order valence-corrected chi connectivity index (χ4v) is 4.16. The van der Waals surface area contributed by atoms with Crippen molar-refractivity contribution < 1.29 is 22.4 Å². The van der Waals surface area contributed by atoms with E-state index in [0.717, 1.165) is 27.6 Å². The fourth-order valence-electron chi connectivity index (χ4n) is 2.94. The molecule has 0 aliphatic heterocycles. The van der Waals surface area contributed by atoms with Crippen molar-refractivity contribution in [1.29, 1.82) is 0 Å². The second kappa shape index (κ2) is 9.88. The van der Waals surface area contributed by atoms with E-state index in [9.17, 15) is 22.4 Å². The molecule has 0 aliphatic carbocycles. The van der Waals surface area contributed by atoms with E-state index in [0.29, 0.717) is 0 Å². The van der Waals surface area contributed by atoms with E-state index >= 15 is 0 Å². The molecule has 0 unspecified atom stereocenters. The summed E-state index contributed by atoms with van der Waals surface area (Å²) in [5, 5.41) is 5.03. The van der Waals surface area contributed by atoms with Crippen molar-refractivity contribution >= 4 is 33.2 Å². The molecule has 172 valence electrons. The summed E-state index contributed by atoms with van der Waals surface area (Å²) in [7, 11) is -2.64. The number of carbonyl (C=O) groups is 2. The van der Waals surface area contributed by atoms with Crippen LogP contribution in [0.3, 0.4) is 0 Å². The molecule has 0 spiro atoms. The Morgan fingerprint density at radius 2 is 1.73 bits per heavy atom. The molecule has 2 amide bonds. The van der Waals surface area contributed by atoms with Crippen LogP contribution in [0, 0.1) is 19.7 Å². The quantitative estimate of drug-likeness (QED) is 0.551. The second-order valence-electron chi connectivity index (χ2n) is 7.41. The number of rotatable bonds is 7. The molecule has 3 aromatic rings. The van der Waals surface area contributed by atoms with E-state index in [1.807, 2.05) is 6.92 Å². The highest BCUT2D eigenvalue weighted by Crippen LogP contribution is 2.24. The highest BCUT2D eigenvalue weighted by Gasteiger charge is 2.24. The van der Waals surface area contributed by atoms with E-state index in [-0.39, 0.29) is 22.0 Å². The molecule has 0 aliphatic rings. The largest absolute Gasteiger partial charge is 0.323 e. The molecule has 8 nitrogen and oxygen atoms in total. The zero-order valence-electron chi connectivity index (χ0n) is 18.3. The highest BCUT2D eigenvalue weighted by atomic mass is 32.2. The number of amides is 2. The number of hydrogen-bond donors (Lipinski definition) is 2. The molecule has 3 rings (SSSR count). The van der Waals surface area contributed by atoms with Crippen molar-refractivity contribution in [2.75, 3.05) is 24.2 Å². The highest BCUT2D eigenvalue weighted by molar-refractivity contribution is 7.89. The zero-order valence-corrected chi connectivity index (χ0v) is 19.1. The molecule has 0 bridgehead atoms. The Kier molecular flexibility index (Phi) is 7.19. The number of sulfonamides is 1. The number of nitrogens with one attached hydrogen (secondary N) is 2. The summed E-state index contributed by atoms with van der Waals surface area (Å²) in [5.74, 6) is -1.90. The van der Waals surface area contributed by atoms with Gasteiger partial charge in [-0.25, -0.2) is 12.8 Å². The lowest BCUT2D eigenvalue weighted by molar-refractivity contribution is -0.116. The predicted molar refractivity (Wildman–Crippen MR) is 123 cm³/mol. The SMILES string of the molecule is Cc1ccc(S(=O)(=O)N(C)CC(=O)Nc2cc(F)ccc2NC(=O)c2ccccn2)cc1C. The van der Waals surface area contributed by atoms with Crippen molar-refractivity contribution in [3.05, 3.63) is 83.4 Å². The summed E-state index contributed by atoms with van der Waals surface area (Å²) in [6, 6.07) is 13.0. The van der Waals surface area contributed by atoms with Crippen LogP contribution in [0.25, 0.3) is 0 Å². The number of benzene rings is 2. The van der Waals surface area contributed by atoms with Crippen LogP contribution in [-0.4, -0.2) is 43.1 Å². The van der Waals surface area contributed by atoms with Gasteiger partial charge < -0.3 is 10.6 Å². The topological polar surface area (TPSA) is 108 Å². The maximum atomic E-state index is 13.8.